The summed E-state index contributed by atoms with van der Waals surface area (Å²) in [6, 6.07) is 2.06. The molecule has 0 bridgehead atoms. The number of aldehydes is 1. The number of anilines is 1. The summed E-state index contributed by atoms with van der Waals surface area (Å²) >= 11 is 0. The monoisotopic (exact) mass is 264 g/mol. The van der Waals surface area contributed by atoms with Gasteiger partial charge in [0.15, 0.2) is 5.82 Å². The van der Waals surface area contributed by atoms with Crippen molar-refractivity contribution < 1.29 is 13.6 Å². The average Bonchev–Trinajstić information content (AvgIpc) is 2.85. The van der Waals surface area contributed by atoms with E-state index in [0.29, 0.717) is 25.2 Å². The first-order valence-electron chi connectivity index (χ1n) is 5.75. The lowest BCUT2D eigenvalue weighted by atomic mass is 10.1. The van der Waals surface area contributed by atoms with Crippen molar-refractivity contribution in [1.82, 2.24) is 14.8 Å². The molecular formula is C12H10F2N4O. The number of hydrogen-bond acceptors (Lipinski definition) is 4. The Hall–Kier alpha value is -2.31. The Kier molecular flexibility index (Phi) is 2.73. The summed E-state index contributed by atoms with van der Waals surface area (Å²) in [5.74, 6) is -0.824. The average molecular weight is 264 g/mol. The van der Waals surface area contributed by atoms with Crippen LogP contribution < -0.4 is 4.90 Å². The summed E-state index contributed by atoms with van der Waals surface area (Å²) in [4.78, 5) is 12.1. The molecule has 0 atom stereocenters. The quantitative estimate of drug-likeness (QED) is 0.769. The van der Waals surface area contributed by atoms with Gasteiger partial charge in [0.2, 0.25) is 0 Å². The van der Waals surface area contributed by atoms with Crippen LogP contribution in [0.15, 0.2) is 18.5 Å². The van der Waals surface area contributed by atoms with E-state index in [2.05, 4.69) is 10.2 Å². The lowest BCUT2D eigenvalue weighted by molar-refractivity contribution is 0.112. The minimum absolute atomic E-state index is 0.0149. The van der Waals surface area contributed by atoms with Crippen molar-refractivity contribution in [2.75, 3.05) is 11.4 Å². The Bertz CT molecular complexity index is 617. The van der Waals surface area contributed by atoms with Crippen LogP contribution in [0.5, 0.6) is 0 Å². The van der Waals surface area contributed by atoms with Crippen LogP contribution in [0.1, 0.15) is 16.2 Å². The van der Waals surface area contributed by atoms with E-state index < -0.39 is 11.6 Å². The normalized spacial score (nSPS) is 14.3. The van der Waals surface area contributed by atoms with Crippen molar-refractivity contribution in [3.8, 4) is 0 Å². The van der Waals surface area contributed by atoms with Gasteiger partial charge in [0, 0.05) is 18.7 Å². The Morgan fingerprint density at radius 2 is 1.95 bits per heavy atom. The topological polar surface area (TPSA) is 51.0 Å². The summed E-state index contributed by atoms with van der Waals surface area (Å²) in [5.41, 5.74) is -0.140. The van der Waals surface area contributed by atoms with E-state index in [4.69, 9.17) is 0 Å². The van der Waals surface area contributed by atoms with Crippen LogP contribution in [0.2, 0.25) is 0 Å². The van der Waals surface area contributed by atoms with Crippen LogP contribution in [-0.4, -0.2) is 27.6 Å². The number of halogens is 2. The molecule has 0 aliphatic carbocycles. The maximum Gasteiger partial charge on any atom is 0.152 e. The summed E-state index contributed by atoms with van der Waals surface area (Å²) in [6.45, 7) is 1.31. The highest BCUT2D eigenvalue weighted by Crippen LogP contribution is 2.27. The fraction of sp³-hybridized carbons (Fsp3) is 0.250. The van der Waals surface area contributed by atoms with Crippen LogP contribution in [0.4, 0.5) is 14.5 Å². The third-order valence-electron chi connectivity index (χ3n) is 3.13. The molecule has 98 valence electrons. The van der Waals surface area contributed by atoms with E-state index in [-0.39, 0.29) is 17.8 Å². The van der Waals surface area contributed by atoms with Crippen LogP contribution in [-0.2, 0) is 13.1 Å². The predicted molar refractivity (Wildman–Crippen MR) is 62.8 cm³/mol. The Labute approximate surface area is 107 Å². The number of hydrogen-bond donors (Lipinski definition) is 0. The second-order valence-corrected chi connectivity index (χ2v) is 4.31. The molecule has 0 spiro atoms. The van der Waals surface area contributed by atoms with E-state index in [0.717, 1.165) is 12.1 Å². The van der Waals surface area contributed by atoms with Gasteiger partial charge in [-0.15, -0.1) is 10.2 Å². The van der Waals surface area contributed by atoms with Gasteiger partial charge in [-0.1, -0.05) is 0 Å². The molecule has 0 amide bonds. The number of nitrogens with zero attached hydrogens (tertiary/aromatic N) is 4. The lowest BCUT2D eigenvalue weighted by Gasteiger charge is -2.29. The molecule has 1 aliphatic rings. The van der Waals surface area contributed by atoms with Crippen LogP contribution in [0.25, 0.3) is 0 Å². The predicted octanol–water partition coefficient (Wildman–Crippen LogP) is 1.39. The zero-order valence-corrected chi connectivity index (χ0v) is 9.88. The summed E-state index contributed by atoms with van der Waals surface area (Å²) in [5, 5.41) is 7.65. The molecule has 1 aromatic carbocycles. The Morgan fingerprint density at radius 3 is 2.63 bits per heavy atom. The van der Waals surface area contributed by atoms with Gasteiger partial charge in [0.25, 0.3) is 0 Å². The number of benzene rings is 1. The maximum absolute atomic E-state index is 13.9. The molecule has 19 heavy (non-hydrogen) atoms. The largest absolute Gasteiger partial charge is 0.357 e. The van der Waals surface area contributed by atoms with Gasteiger partial charge in [-0.3, -0.25) is 4.79 Å². The minimum Gasteiger partial charge on any atom is -0.357 e. The van der Waals surface area contributed by atoms with E-state index in [9.17, 15) is 13.6 Å². The summed E-state index contributed by atoms with van der Waals surface area (Å²) < 4.78 is 29.6. The molecule has 1 aromatic heterocycles. The number of aromatic nitrogens is 3. The molecule has 0 saturated carbocycles. The molecule has 2 aromatic rings. The molecule has 5 nitrogen and oxygen atoms in total. The molecule has 0 unspecified atom stereocenters. The molecular weight excluding hydrogens is 254 g/mol. The molecule has 7 heteroatoms. The molecule has 0 fully saturated rings. The summed E-state index contributed by atoms with van der Waals surface area (Å²) in [7, 11) is 0. The van der Waals surface area contributed by atoms with Crippen molar-refractivity contribution in [2.45, 2.75) is 13.1 Å². The Morgan fingerprint density at radius 1 is 1.21 bits per heavy atom. The molecule has 2 heterocycles. The SMILES string of the molecule is O=Cc1cc(F)c(N2CCn3cnnc3C2)c(F)c1. The van der Waals surface area contributed by atoms with Crippen molar-refractivity contribution in [3.05, 3.63) is 41.5 Å². The van der Waals surface area contributed by atoms with E-state index >= 15 is 0 Å². The standard InChI is InChI=1S/C12H10F2N4O/c13-9-3-8(6-19)4-10(14)12(9)17-1-2-18-7-15-16-11(18)5-17/h3-4,6-7H,1-2,5H2. The second kappa shape index (κ2) is 4.42. The molecule has 0 N–H and O–H groups in total. The summed E-state index contributed by atoms with van der Waals surface area (Å²) in [6.07, 6.45) is 2.01. The van der Waals surface area contributed by atoms with Gasteiger partial charge < -0.3 is 9.47 Å². The fourth-order valence-corrected chi connectivity index (χ4v) is 2.21. The van der Waals surface area contributed by atoms with Gasteiger partial charge in [0.05, 0.1) is 6.54 Å². The second-order valence-electron chi connectivity index (χ2n) is 4.31. The Balaban J connectivity index is 1.98. The molecule has 0 radical (unpaired) electrons. The molecule has 3 rings (SSSR count). The highest BCUT2D eigenvalue weighted by molar-refractivity contribution is 5.76. The number of rotatable bonds is 2. The third-order valence-corrected chi connectivity index (χ3v) is 3.13. The van der Waals surface area contributed by atoms with Crippen LogP contribution in [0, 0.1) is 11.6 Å². The number of carbonyl (C=O) groups is 1. The molecule has 1 aliphatic heterocycles. The van der Waals surface area contributed by atoms with E-state index in [1.54, 1.807) is 11.2 Å². The first kappa shape index (κ1) is 11.8. The highest BCUT2D eigenvalue weighted by Gasteiger charge is 2.23. The van der Waals surface area contributed by atoms with Gasteiger partial charge in [-0.2, -0.15) is 0 Å². The van der Waals surface area contributed by atoms with Gasteiger partial charge in [-0.25, -0.2) is 8.78 Å². The zero-order chi connectivity index (χ0) is 13.4. The number of carbonyl (C=O) groups excluding carboxylic acids is 1. The first-order chi connectivity index (χ1) is 9.19. The zero-order valence-electron chi connectivity index (χ0n) is 9.88. The highest BCUT2D eigenvalue weighted by atomic mass is 19.1. The van der Waals surface area contributed by atoms with E-state index in [1.807, 2.05) is 4.57 Å². The van der Waals surface area contributed by atoms with Crippen molar-refractivity contribution >= 4 is 12.0 Å². The van der Waals surface area contributed by atoms with Crippen molar-refractivity contribution in [2.24, 2.45) is 0 Å². The van der Waals surface area contributed by atoms with Gasteiger partial charge in [-0.05, 0) is 12.1 Å². The van der Waals surface area contributed by atoms with Crippen molar-refractivity contribution in [1.29, 1.82) is 0 Å². The lowest BCUT2D eigenvalue weighted by Crippen LogP contribution is -2.34. The fourth-order valence-electron chi connectivity index (χ4n) is 2.21. The number of fused-ring (bicyclic) bond motifs is 1. The maximum atomic E-state index is 13.9. The van der Waals surface area contributed by atoms with Crippen molar-refractivity contribution in [3.63, 3.8) is 0 Å². The van der Waals surface area contributed by atoms with Gasteiger partial charge in [0.1, 0.15) is 29.9 Å². The minimum atomic E-state index is -0.741. The smallest absolute Gasteiger partial charge is 0.152 e. The van der Waals surface area contributed by atoms with Gasteiger partial charge >= 0.3 is 0 Å². The van der Waals surface area contributed by atoms with Crippen LogP contribution >= 0.6 is 0 Å². The first-order valence-corrected chi connectivity index (χ1v) is 5.75. The van der Waals surface area contributed by atoms with Crippen LogP contribution in [0.3, 0.4) is 0 Å². The molecule has 0 saturated heterocycles. The third kappa shape index (κ3) is 1.96. The van der Waals surface area contributed by atoms with E-state index in [1.165, 1.54) is 0 Å².